The van der Waals surface area contributed by atoms with Crippen molar-refractivity contribution in [1.29, 1.82) is 0 Å². The van der Waals surface area contributed by atoms with Crippen LogP contribution in [-0.4, -0.2) is 63.0 Å². The van der Waals surface area contributed by atoms with Gasteiger partial charge in [-0.05, 0) is 35.1 Å². The van der Waals surface area contributed by atoms with Crippen molar-refractivity contribution in [3.8, 4) is 11.1 Å². The summed E-state index contributed by atoms with van der Waals surface area (Å²) in [6.07, 6.45) is 1.29. The van der Waals surface area contributed by atoms with Crippen molar-refractivity contribution in [2.45, 2.75) is 18.8 Å². The van der Waals surface area contributed by atoms with Crippen LogP contribution in [-0.2, 0) is 19.6 Å². The van der Waals surface area contributed by atoms with Gasteiger partial charge in [-0.1, -0.05) is 48.5 Å². The number of hydrogen-bond donors (Lipinski definition) is 2. The van der Waals surface area contributed by atoms with E-state index >= 15 is 0 Å². The van der Waals surface area contributed by atoms with Crippen molar-refractivity contribution in [3.63, 3.8) is 0 Å². The van der Waals surface area contributed by atoms with Gasteiger partial charge in [0.05, 0.1) is 6.26 Å². The highest BCUT2D eigenvalue weighted by atomic mass is 32.2. The molecule has 0 radical (unpaired) electrons. The number of amides is 1. The number of carboxylic acids is 1. The summed E-state index contributed by atoms with van der Waals surface area (Å²) < 4.78 is 30.1. The molecule has 166 valence electrons. The van der Waals surface area contributed by atoms with Crippen LogP contribution in [0.3, 0.4) is 0 Å². The lowest BCUT2D eigenvalue weighted by molar-refractivity contribution is -0.138. The molecule has 0 unspecified atom stereocenters. The Balaban J connectivity index is 1.61. The van der Waals surface area contributed by atoms with Gasteiger partial charge in [0.15, 0.2) is 0 Å². The molecule has 0 fully saturated rings. The number of carboxylic acid groups (broad SMARTS) is 1. The Hall–Kier alpha value is -2.91. The molecule has 2 aromatic carbocycles. The molecule has 2 aromatic rings. The number of carbonyl (C=O) groups is 2. The molecule has 0 bridgehead atoms. The molecule has 0 spiro atoms. The first kappa shape index (κ1) is 22.8. The van der Waals surface area contributed by atoms with E-state index in [1.807, 2.05) is 48.5 Å². The number of nitrogens with one attached hydrogen (secondary N) is 1. The van der Waals surface area contributed by atoms with Gasteiger partial charge in [-0.2, -0.15) is 0 Å². The maximum Gasteiger partial charge on any atom is 0.410 e. The highest BCUT2D eigenvalue weighted by Crippen LogP contribution is 2.44. The minimum atomic E-state index is -3.28. The van der Waals surface area contributed by atoms with Crippen molar-refractivity contribution < 1.29 is 27.9 Å². The van der Waals surface area contributed by atoms with Crippen LogP contribution in [0, 0.1) is 0 Å². The summed E-state index contributed by atoms with van der Waals surface area (Å²) in [4.78, 5) is 24.9. The predicted octanol–water partition coefficient (Wildman–Crippen LogP) is 2.65. The zero-order valence-corrected chi connectivity index (χ0v) is 18.1. The molecule has 9 heteroatoms. The largest absolute Gasteiger partial charge is 0.480 e. The molecule has 1 aliphatic carbocycles. The zero-order chi connectivity index (χ0) is 22.4. The lowest BCUT2D eigenvalue weighted by Crippen LogP contribution is -2.37. The van der Waals surface area contributed by atoms with E-state index in [4.69, 9.17) is 9.84 Å². The monoisotopic (exact) mass is 446 g/mol. The number of aliphatic carboxylic acids is 1. The molecule has 0 heterocycles. The summed E-state index contributed by atoms with van der Waals surface area (Å²) in [5.41, 5.74) is 4.38. The van der Waals surface area contributed by atoms with Crippen molar-refractivity contribution in [1.82, 2.24) is 9.62 Å². The lowest BCUT2D eigenvalue weighted by atomic mass is 9.98. The van der Waals surface area contributed by atoms with Gasteiger partial charge >= 0.3 is 12.1 Å². The van der Waals surface area contributed by atoms with Crippen LogP contribution in [0.4, 0.5) is 4.79 Å². The molecule has 0 atom stereocenters. The minimum Gasteiger partial charge on any atom is -0.480 e. The van der Waals surface area contributed by atoms with Crippen LogP contribution >= 0.6 is 0 Å². The van der Waals surface area contributed by atoms with Gasteiger partial charge in [0.1, 0.15) is 13.2 Å². The SMILES string of the molecule is CS(=O)(=O)NCCCCN(CC(=O)O)C(=O)OCC1c2ccccc2-c2ccccc21. The molecule has 0 saturated carbocycles. The Kier molecular flexibility index (Phi) is 7.29. The first-order valence-corrected chi connectivity index (χ1v) is 11.9. The maximum absolute atomic E-state index is 12.6. The normalized spacial score (nSPS) is 12.8. The zero-order valence-electron chi connectivity index (χ0n) is 17.3. The maximum atomic E-state index is 12.6. The van der Waals surface area contributed by atoms with E-state index in [9.17, 15) is 18.0 Å². The molecule has 0 aliphatic heterocycles. The van der Waals surface area contributed by atoms with E-state index in [-0.39, 0.29) is 25.6 Å². The number of rotatable bonds is 10. The highest BCUT2D eigenvalue weighted by molar-refractivity contribution is 7.88. The van der Waals surface area contributed by atoms with E-state index in [0.717, 1.165) is 33.4 Å². The highest BCUT2D eigenvalue weighted by Gasteiger charge is 2.29. The first-order chi connectivity index (χ1) is 14.8. The minimum absolute atomic E-state index is 0.109. The van der Waals surface area contributed by atoms with Crippen LogP contribution in [0.15, 0.2) is 48.5 Å². The van der Waals surface area contributed by atoms with E-state index in [1.165, 1.54) is 0 Å². The molecule has 0 aromatic heterocycles. The Bertz CT molecular complexity index is 1010. The topological polar surface area (TPSA) is 113 Å². The van der Waals surface area contributed by atoms with Crippen LogP contribution in [0.2, 0.25) is 0 Å². The van der Waals surface area contributed by atoms with Crippen molar-refractivity contribution in [2.24, 2.45) is 0 Å². The summed E-state index contributed by atoms with van der Waals surface area (Å²) in [6.45, 7) is 0.0215. The Labute approximate surface area is 181 Å². The number of unbranched alkanes of at least 4 members (excludes halogenated alkanes) is 1. The van der Waals surface area contributed by atoms with Gasteiger partial charge in [0, 0.05) is 19.0 Å². The Morgan fingerprint density at radius 2 is 1.61 bits per heavy atom. The summed E-state index contributed by atoms with van der Waals surface area (Å²) >= 11 is 0. The van der Waals surface area contributed by atoms with Crippen LogP contribution < -0.4 is 4.72 Å². The lowest BCUT2D eigenvalue weighted by Gasteiger charge is -2.22. The second-order valence-electron chi connectivity index (χ2n) is 7.49. The average molecular weight is 447 g/mol. The molecule has 8 nitrogen and oxygen atoms in total. The average Bonchev–Trinajstić information content (AvgIpc) is 3.04. The number of hydrogen-bond acceptors (Lipinski definition) is 5. The smallest absolute Gasteiger partial charge is 0.410 e. The number of sulfonamides is 1. The molecular formula is C22H26N2O6S. The third-order valence-electron chi connectivity index (χ3n) is 5.14. The summed E-state index contributed by atoms with van der Waals surface area (Å²) in [5, 5.41) is 9.14. The number of ether oxygens (including phenoxy) is 1. The summed E-state index contributed by atoms with van der Waals surface area (Å²) in [5.74, 6) is -1.25. The van der Waals surface area contributed by atoms with E-state index in [2.05, 4.69) is 4.72 Å². The van der Waals surface area contributed by atoms with Gasteiger partial charge in [0.25, 0.3) is 0 Å². The van der Waals surface area contributed by atoms with Crippen molar-refractivity contribution in [3.05, 3.63) is 59.7 Å². The van der Waals surface area contributed by atoms with Gasteiger partial charge in [0.2, 0.25) is 10.0 Å². The fourth-order valence-corrected chi connectivity index (χ4v) is 4.28. The van der Waals surface area contributed by atoms with Crippen LogP contribution in [0.1, 0.15) is 29.9 Å². The first-order valence-electron chi connectivity index (χ1n) is 10.0. The fraction of sp³-hybridized carbons (Fsp3) is 0.364. The Morgan fingerprint density at radius 3 is 2.16 bits per heavy atom. The van der Waals surface area contributed by atoms with Crippen molar-refractivity contribution in [2.75, 3.05) is 32.5 Å². The fourth-order valence-electron chi connectivity index (χ4n) is 3.77. The number of benzene rings is 2. The molecule has 0 saturated heterocycles. The summed E-state index contributed by atoms with van der Waals surface area (Å²) in [6, 6.07) is 15.9. The standard InChI is InChI=1S/C22H26N2O6S/c1-31(28,29)23-12-6-7-13-24(14-21(25)26)22(27)30-15-20-18-10-4-2-8-16(18)17-9-3-5-11-19(17)20/h2-5,8-11,20,23H,6-7,12-15H2,1H3,(H,25,26). The second kappa shape index (κ2) is 9.93. The van der Waals surface area contributed by atoms with Gasteiger partial charge < -0.3 is 9.84 Å². The summed E-state index contributed by atoms with van der Waals surface area (Å²) in [7, 11) is -3.28. The van der Waals surface area contributed by atoms with Crippen LogP contribution in [0.25, 0.3) is 11.1 Å². The molecule has 1 amide bonds. The second-order valence-corrected chi connectivity index (χ2v) is 9.33. The quantitative estimate of drug-likeness (QED) is 0.543. The molecule has 2 N–H and O–H groups in total. The molecule has 1 aliphatic rings. The van der Waals surface area contributed by atoms with Crippen LogP contribution in [0.5, 0.6) is 0 Å². The van der Waals surface area contributed by atoms with Crippen molar-refractivity contribution >= 4 is 22.1 Å². The van der Waals surface area contributed by atoms with E-state index in [1.54, 1.807) is 0 Å². The van der Waals surface area contributed by atoms with Gasteiger partial charge in [-0.25, -0.2) is 17.9 Å². The number of carbonyl (C=O) groups excluding carboxylic acids is 1. The molecule has 31 heavy (non-hydrogen) atoms. The van der Waals surface area contributed by atoms with E-state index < -0.39 is 28.6 Å². The third kappa shape index (κ3) is 6.05. The number of fused-ring (bicyclic) bond motifs is 3. The molecular weight excluding hydrogens is 420 g/mol. The Morgan fingerprint density at radius 1 is 1.03 bits per heavy atom. The van der Waals surface area contributed by atoms with E-state index in [0.29, 0.717) is 12.8 Å². The molecule has 3 rings (SSSR count). The van der Waals surface area contributed by atoms with Gasteiger partial charge in [-0.3, -0.25) is 9.69 Å². The number of nitrogens with zero attached hydrogens (tertiary/aromatic N) is 1. The predicted molar refractivity (Wildman–Crippen MR) is 116 cm³/mol. The third-order valence-corrected chi connectivity index (χ3v) is 5.87. The van der Waals surface area contributed by atoms with Gasteiger partial charge in [-0.15, -0.1) is 0 Å².